The molecular weight excluding hydrogens is 444 g/mol. The predicted molar refractivity (Wildman–Crippen MR) is 113 cm³/mol. The van der Waals surface area contributed by atoms with Crippen molar-refractivity contribution in [2.45, 2.75) is 19.3 Å². The third-order valence-corrected chi connectivity index (χ3v) is 5.35. The van der Waals surface area contributed by atoms with E-state index in [0.717, 1.165) is 0 Å². The normalized spacial score (nSPS) is 11.9. The molecule has 0 spiro atoms. The first-order valence-electron chi connectivity index (χ1n) is 9.73. The Morgan fingerprint density at radius 1 is 0.862 bits per heavy atom. The molecule has 5 aromatic rings. The van der Waals surface area contributed by atoms with Gasteiger partial charge in [-0.25, -0.2) is 12.1 Å². The molecule has 0 atom stereocenters. The maximum absolute atomic E-state index is 9.80. The Kier molecular flexibility index (Phi) is 6.51. The van der Waals surface area contributed by atoms with Crippen molar-refractivity contribution in [3.63, 3.8) is 0 Å². The maximum Gasteiger partial charge on any atom is 0.0516 e. The first-order chi connectivity index (χ1) is 14.3. The average molecular weight is 465 g/mol. The molecule has 1 aliphatic carbocycles. The molecule has 4 aromatic carbocycles. The monoisotopic (exact) mass is 463 g/mol. The number of nitrogens with zero attached hydrogens (tertiary/aromatic N) is 1. The Balaban J connectivity index is 0.000000218. The molecule has 0 saturated carbocycles. The number of rotatable bonds is 1. The summed E-state index contributed by atoms with van der Waals surface area (Å²) in [6, 6.07) is 32.1. The summed E-state index contributed by atoms with van der Waals surface area (Å²) in [6.45, 7) is 0. The standard InChI is InChI=1S/C20H16N.C5H5.2FH.Zr/c1-2-7-15-13-16(12-14(15)6-1)21-19-10-4-3-8-17(19)18-9-5-11-20(18)21;1-2-4-5-3-1;;;/h1-4,6-8,10,12-13H,5,9,11H2;1-5H;2*1H;/q2*-1;;;+4/p-2. The zero-order valence-electron chi connectivity index (χ0n) is 16.0. The van der Waals surface area contributed by atoms with Gasteiger partial charge in [-0.3, -0.25) is 0 Å². The second-order valence-electron chi connectivity index (χ2n) is 7.01. The van der Waals surface area contributed by atoms with Crippen molar-refractivity contribution in [3.05, 3.63) is 102 Å². The fourth-order valence-corrected chi connectivity index (χ4v) is 4.21. The summed E-state index contributed by atoms with van der Waals surface area (Å²) < 4.78 is 22.1. The van der Waals surface area contributed by atoms with Crippen LogP contribution in [-0.4, -0.2) is 4.57 Å². The largest absolute Gasteiger partial charge is 0.332 e. The van der Waals surface area contributed by atoms with E-state index in [1.165, 1.54) is 52.3 Å². The molecule has 0 amide bonds. The van der Waals surface area contributed by atoms with E-state index in [1.54, 1.807) is 5.56 Å². The van der Waals surface area contributed by atoms with Crippen LogP contribution >= 0.6 is 0 Å². The number of fused-ring (bicyclic) bond motifs is 4. The second-order valence-corrected chi connectivity index (χ2v) is 7.36. The molecule has 0 fully saturated rings. The van der Waals surface area contributed by atoms with Crippen molar-refractivity contribution in [2.24, 2.45) is 0 Å². The van der Waals surface area contributed by atoms with Gasteiger partial charge in [0.05, 0.1) is 5.52 Å². The predicted octanol–water partition coefficient (Wildman–Crippen LogP) is 7.23. The van der Waals surface area contributed by atoms with Crippen LogP contribution < -0.4 is 0 Å². The molecule has 0 bridgehead atoms. The van der Waals surface area contributed by atoms with Gasteiger partial charge in [-0.05, 0) is 36.6 Å². The molecule has 1 aromatic heterocycles. The molecule has 1 nitrogen and oxygen atoms in total. The summed E-state index contributed by atoms with van der Waals surface area (Å²) in [5, 5.41) is 4.10. The molecule has 29 heavy (non-hydrogen) atoms. The van der Waals surface area contributed by atoms with Gasteiger partial charge in [0, 0.05) is 11.1 Å². The van der Waals surface area contributed by atoms with Gasteiger partial charge >= 0.3 is 29.7 Å². The van der Waals surface area contributed by atoms with E-state index in [-0.39, 0.29) is 0 Å². The third-order valence-electron chi connectivity index (χ3n) is 5.35. The van der Waals surface area contributed by atoms with Crippen LogP contribution in [0.1, 0.15) is 17.7 Å². The van der Waals surface area contributed by atoms with Crippen LogP contribution in [0.2, 0.25) is 0 Å². The van der Waals surface area contributed by atoms with Gasteiger partial charge in [-0.1, -0.05) is 24.3 Å². The Morgan fingerprint density at radius 3 is 2.31 bits per heavy atom. The second kappa shape index (κ2) is 9.45. The number of benzene rings is 2. The van der Waals surface area contributed by atoms with E-state index in [1.807, 2.05) is 30.3 Å². The fourth-order valence-electron chi connectivity index (χ4n) is 4.21. The minimum Gasteiger partial charge on any atom is -0.332 e. The average Bonchev–Trinajstić information content (AvgIpc) is 3.53. The number of aryl methyl sites for hydroxylation is 1. The summed E-state index contributed by atoms with van der Waals surface area (Å²) in [4.78, 5) is 0. The van der Waals surface area contributed by atoms with Gasteiger partial charge in [-0.2, -0.15) is 18.2 Å². The van der Waals surface area contributed by atoms with Crippen LogP contribution in [-0.2, 0) is 37.3 Å². The SMILES string of the molecule is [F][Zr+2][F].c1cc[cH-]c1.c1ccc2[cH-]c(-n3c4c(c5ccccc53)CCC4)cc2c1. The number of hydrogen-bond donors (Lipinski definition) is 0. The van der Waals surface area contributed by atoms with E-state index in [2.05, 4.69) is 65.2 Å². The molecule has 0 N–H and O–H groups in total. The Bertz CT molecular complexity index is 1130. The van der Waals surface area contributed by atoms with Gasteiger partial charge in [0.2, 0.25) is 0 Å². The molecule has 0 saturated heterocycles. The summed E-state index contributed by atoms with van der Waals surface area (Å²) in [6.07, 6.45) is 3.71. The topological polar surface area (TPSA) is 4.93 Å². The number of hydrogen-bond acceptors (Lipinski definition) is 0. The van der Waals surface area contributed by atoms with Crippen molar-refractivity contribution < 1.29 is 29.7 Å². The molecule has 6 rings (SSSR count). The van der Waals surface area contributed by atoms with E-state index in [9.17, 15) is 5.25 Å². The minimum absolute atomic E-state index is 1.20. The van der Waals surface area contributed by atoms with Crippen LogP contribution in [0.25, 0.3) is 27.4 Å². The molecule has 4 heteroatoms. The fraction of sp³-hybridized carbons (Fsp3) is 0.120. The smallest absolute Gasteiger partial charge is 0.0516 e. The zero-order chi connectivity index (χ0) is 20.1. The first kappa shape index (κ1) is 20.0. The van der Waals surface area contributed by atoms with Crippen molar-refractivity contribution in [2.75, 3.05) is 0 Å². The third kappa shape index (κ3) is 4.18. The van der Waals surface area contributed by atoms with Crippen LogP contribution in [0.15, 0.2) is 91.0 Å². The van der Waals surface area contributed by atoms with Crippen LogP contribution in [0, 0.1) is 0 Å². The molecule has 144 valence electrons. The van der Waals surface area contributed by atoms with E-state index in [4.69, 9.17) is 0 Å². The zero-order valence-corrected chi connectivity index (χ0v) is 18.4. The van der Waals surface area contributed by atoms with Gasteiger partial charge in [0.25, 0.3) is 0 Å². The first-order valence-corrected chi connectivity index (χ1v) is 11.6. The number of para-hydroxylation sites is 1. The summed E-state index contributed by atoms with van der Waals surface area (Å²) in [7, 11) is 0. The quantitative estimate of drug-likeness (QED) is 0.231. The summed E-state index contributed by atoms with van der Waals surface area (Å²) in [5.41, 5.74) is 5.76. The van der Waals surface area contributed by atoms with Crippen LogP contribution in [0.5, 0.6) is 0 Å². The van der Waals surface area contributed by atoms with Crippen molar-refractivity contribution >= 4 is 21.7 Å². The molecule has 0 unspecified atom stereocenters. The minimum atomic E-state index is -2.77. The van der Waals surface area contributed by atoms with E-state index >= 15 is 0 Å². The molecule has 1 aliphatic rings. The van der Waals surface area contributed by atoms with Gasteiger partial charge < -0.3 is 4.57 Å². The molecule has 0 aliphatic heterocycles. The van der Waals surface area contributed by atoms with Gasteiger partial charge in [-0.15, -0.1) is 41.1 Å². The summed E-state index contributed by atoms with van der Waals surface area (Å²) in [5.74, 6) is 0. The Hall–Kier alpha value is -2.32. The molecule has 0 radical (unpaired) electrons. The van der Waals surface area contributed by atoms with Crippen molar-refractivity contribution in [1.29, 1.82) is 0 Å². The van der Waals surface area contributed by atoms with Crippen molar-refractivity contribution in [1.82, 2.24) is 4.57 Å². The van der Waals surface area contributed by atoms with Gasteiger partial charge in [0.1, 0.15) is 0 Å². The van der Waals surface area contributed by atoms with Gasteiger partial charge in [0.15, 0.2) is 0 Å². The van der Waals surface area contributed by atoms with Crippen LogP contribution in [0.3, 0.4) is 0 Å². The maximum atomic E-state index is 9.80. The van der Waals surface area contributed by atoms with E-state index < -0.39 is 24.5 Å². The van der Waals surface area contributed by atoms with E-state index in [0.29, 0.717) is 0 Å². The summed E-state index contributed by atoms with van der Waals surface area (Å²) >= 11 is -2.77. The Labute approximate surface area is 182 Å². The molecule has 1 heterocycles. The number of halogens is 2. The Morgan fingerprint density at radius 2 is 1.59 bits per heavy atom. The molecular formula is C25H21F2NZr. The van der Waals surface area contributed by atoms with Crippen molar-refractivity contribution in [3.8, 4) is 5.69 Å². The number of aromatic nitrogens is 1. The van der Waals surface area contributed by atoms with Crippen LogP contribution in [0.4, 0.5) is 5.25 Å².